The number of likely N-dealkylation sites (N-methyl/N-ethyl adjacent to an activating group) is 1. The molecule has 0 aliphatic rings. The third-order valence-corrected chi connectivity index (χ3v) is 3.15. The second kappa shape index (κ2) is 7.77. The maximum absolute atomic E-state index is 9.73. The molecule has 1 unspecified atom stereocenters. The summed E-state index contributed by atoms with van der Waals surface area (Å²) in [4.78, 5) is 0. The van der Waals surface area contributed by atoms with Crippen LogP contribution in [0.2, 0.25) is 0 Å². The highest BCUT2D eigenvalue weighted by molar-refractivity contribution is 9.10. The minimum atomic E-state index is -0.478. The first kappa shape index (κ1) is 15.5. The molecule has 1 aromatic rings. The first-order valence-corrected chi connectivity index (χ1v) is 7.15. The summed E-state index contributed by atoms with van der Waals surface area (Å²) in [5, 5.41) is 12.8. The number of hydrogen-bond acceptors (Lipinski definition) is 3. The van der Waals surface area contributed by atoms with E-state index in [1.807, 2.05) is 19.1 Å². The van der Waals surface area contributed by atoms with E-state index in [1.54, 1.807) is 0 Å². The monoisotopic (exact) mass is 315 g/mol. The van der Waals surface area contributed by atoms with Crippen LogP contribution in [0, 0.1) is 0 Å². The molecular formula is C14H22BrNO2. The molecule has 0 aliphatic carbocycles. The van der Waals surface area contributed by atoms with Crippen LogP contribution in [-0.4, -0.2) is 30.9 Å². The van der Waals surface area contributed by atoms with Gasteiger partial charge in [0.25, 0.3) is 0 Å². The van der Waals surface area contributed by atoms with Crippen LogP contribution in [-0.2, 0) is 0 Å². The number of hydrogen-bond donors (Lipinski definition) is 2. The molecule has 0 saturated carbocycles. The molecular weight excluding hydrogens is 294 g/mol. The third kappa shape index (κ3) is 4.96. The van der Waals surface area contributed by atoms with Gasteiger partial charge < -0.3 is 15.2 Å². The van der Waals surface area contributed by atoms with Gasteiger partial charge in [0.05, 0.1) is 0 Å². The summed E-state index contributed by atoms with van der Waals surface area (Å²) in [7, 11) is 0. The summed E-state index contributed by atoms with van der Waals surface area (Å²) in [5.74, 6) is 1.24. The van der Waals surface area contributed by atoms with Gasteiger partial charge in [0.1, 0.15) is 18.5 Å². The van der Waals surface area contributed by atoms with Gasteiger partial charge in [0, 0.05) is 11.0 Å². The molecule has 1 aromatic carbocycles. The molecule has 4 heteroatoms. The summed E-state index contributed by atoms with van der Waals surface area (Å²) in [6.45, 7) is 8.00. The Morgan fingerprint density at radius 3 is 2.72 bits per heavy atom. The lowest BCUT2D eigenvalue weighted by Crippen LogP contribution is -2.31. The zero-order valence-electron chi connectivity index (χ0n) is 11.2. The van der Waals surface area contributed by atoms with E-state index in [-0.39, 0.29) is 0 Å². The number of rotatable bonds is 7. The Morgan fingerprint density at radius 1 is 1.39 bits per heavy atom. The van der Waals surface area contributed by atoms with Gasteiger partial charge in [-0.15, -0.1) is 0 Å². The Bertz CT molecular complexity index is 369. The lowest BCUT2D eigenvalue weighted by molar-refractivity contribution is 0.106. The maximum Gasteiger partial charge on any atom is 0.122 e. The molecule has 1 atom stereocenters. The largest absolute Gasteiger partial charge is 0.491 e. The zero-order valence-corrected chi connectivity index (χ0v) is 12.8. The molecule has 18 heavy (non-hydrogen) atoms. The van der Waals surface area contributed by atoms with Gasteiger partial charge in [-0.25, -0.2) is 0 Å². The van der Waals surface area contributed by atoms with Gasteiger partial charge in [-0.05, 0) is 36.2 Å². The molecule has 0 saturated heterocycles. The first-order valence-electron chi connectivity index (χ1n) is 6.35. The topological polar surface area (TPSA) is 41.5 Å². The molecule has 0 radical (unpaired) electrons. The molecule has 0 aromatic heterocycles. The highest BCUT2D eigenvalue weighted by Gasteiger charge is 2.10. The van der Waals surface area contributed by atoms with Gasteiger partial charge in [-0.3, -0.25) is 0 Å². The fourth-order valence-corrected chi connectivity index (χ4v) is 2.04. The van der Waals surface area contributed by atoms with Crippen molar-refractivity contribution < 1.29 is 9.84 Å². The minimum absolute atomic E-state index is 0.314. The second-order valence-corrected chi connectivity index (χ2v) is 5.53. The van der Waals surface area contributed by atoms with Crippen molar-refractivity contribution in [3.8, 4) is 5.75 Å². The molecule has 0 heterocycles. The molecule has 3 nitrogen and oxygen atoms in total. The second-order valence-electron chi connectivity index (χ2n) is 4.61. The van der Waals surface area contributed by atoms with E-state index in [0.717, 1.165) is 22.3 Å². The van der Waals surface area contributed by atoms with Crippen molar-refractivity contribution in [2.75, 3.05) is 19.7 Å². The Kier molecular flexibility index (Phi) is 6.68. The van der Waals surface area contributed by atoms with E-state index >= 15 is 0 Å². The van der Waals surface area contributed by atoms with Crippen molar-refractivity contribution in [1.29, 1.82) is 0 Å². The summed E-state index contributed by atoms with van der Waals surface area (Å²) < 4.78 is 6.75. The predicted molar refractivity (Wildman–Crippen MR) is 78.3 cm³/mol. The third-order valence-electron chi connectivity index (χ3n) is 2.66. The summed E-state index contributed by atoms with van der Waals surface area (Å²) >= 11 is 3.46. The van der Waals surface area contributed by atoms with Gasteiger partial charge in [-0.1, -0.05) is 36.7 Å². The first-order chi connectivity index (χ1) is 8.54. The van der Waals surface area contributed by atoms with Crippen molar-refractivity contribution in [3.05, 3.63) is 28.2 Å². The highest BCUT2D eigenvalue weighted by atomic mass is 79.9. The minimum Gasteiger partial charge on any atom is -0.491 e. The van der Waals surface area contributed by atoms with Crippen LogP contribution in [0.1, 0.15) is 32.3 Å². The van der Waals surface area contributed by atoms with E-state index in [1.165, 1.54) is 0 Å². The summed E-state index contributed by atoms with van der Waals surface area (Å²) in [6.07, 6.45) is -0.478. The maximum atomic E-state index is 9.73. The fourth-order valence-electron chi connectivity index (χ4n) is 1.66. The number of benzene rings is 1. The standard InChI is InChI=1S/C14H22BrNO2/c1-4-16-8-12(17)9-18-14-6-5-11(15)7-13(14)10(2)3/h5-7,10,12,16-17H,4,8-9H2,1-3H3. The molecule has 0 amide bonds. The Morgan fingerprint density at radius 2 is 2.11 bits per heavy atom. The molecule has 102 valence electrons. The predicted octanol–water partition coefficient (Wildman–Crippen LogP) is 2.92. The highest BCUT2D eigenvalue weighted by Crippen LogP contribution is 2.29. The van der Waals surface area contributed by atoms with E-state index in [0.29, 0.717) is 19.1 Å². The normalized spacial score (nSPS) is 12.8. The van der Waals surface area contributed by atoms with Crippen molar-refractivity contribution >= 4 is 15.9 Å². The Balaban J connectivity index is 2.61. The van der Waals surface area contributed by atoms with Crippen LogP contribution in [0.3, 0.4) is 0 Å². The number of aliphatic hydroxyl groups excluding tert-OH is 1. The van der Waals surface area contributed by atoms with E-state index in [2.05, 4.69) is 41.2 Å². The van der Waals surface area contributed by atoms with Crippen molar-refractivity contribution in [1.82, 2.24) is 5.32 Å². The quantitative estimate of drug-likeness (QED) is 0.813. The van der Waals surface area contributed by atoms with Crippen molar-refractivity contribution in [3.63, 3.8) is 0 Å². The molecule has 0 fully saturated rings. The number of aliphatic hydroxyl groups is 1. The Hall–Kier alpha value is -0.580. The van der Waals surface area contributed by atoms with Crippen LogP contribution in [0.15, 0.2) is 22.7 Å². The van der Waals surface area contributed by atoms with Crippen LogP contribution in [0.4, 0.5) is 0 Å². The average Bonchev–Trinajstić information content (AvgIpc) is 2.34. The number of ether oxygens (including phenoxy) is 1. The molecule has 0 spiro atoms. The van der Waals surface area contributed by atoms with E-state index in [9.17, 15) is 5.11 Å². The van der Waals surface area contributed by atoms with E-state index < -0.39 is 6.10 Å². The van der Waals surface area contributed by atoms with Crippen molar-refractivity contribution in [2.24, 2.45) is 0 Å². The lowest BCUT2D eigenvalue weighted by atomic mass is 10.0. The zero-order chi connectivity index (χ0) is 13.5. The van der Waals surface area contributed by atoms with Crippen LogP contribution < -0.4 is 10.1 Å². The Labute approximate surface area is 118 Å². The van der Waals surface area contributed by atoms with Crippen LogP contribution >= 0.6 is 15.9 Å². The summed E-state index contributed by atoms with van der Waals surface area (Å²) in [6, 6.07) is 5.97. The lowest BCUT2D eigenvalue weighted by Gasteiger charge is -2.17. The van der Waals surface area contributed by atoms with Gasteiger partial charge in [0.2, 0.25) is 0 Å². The van der Waals surface area contributed by atoms with E-state index in [4.69, 9.17) is 4.74 Å². The number of nitrogens with one attached hydrogen (secondary N) is 1. The molecule has 0 bridgehead atoms. The molecule has 2 N–H and O–H groups in total. The smallest absolute Gasteiger partial charge is 0.122 e. The van der Waals surface area contributed by atoms with Crippen LogP contribution in [0.5, 0.6) is 5.75 Å². The molecule has 1 rings (SSSR count). The van der Waals surface area contributed by atoms with Gasteiger partial charge in [0.15, 0.2) is 0 Å². The average molecular weight is 316 g/mol. The molecule has 0 aliphatic heterocycles. The van der Waals surface area contributed by atoms with Crippen molar-refractivity contribution in [2.45, 2.75) is 32.8 Å². The number of halogens is 1. The SMILES string of the molecule is CCNCC(O)COc1ccc(Br)cc1C(C)C. The van der Waals surface area contributed by atoms with Gasteiger partial charge in [-0.2, -0.15) is 0 Å². The van der Waals surface area contributed by atoms with Gasteiger partial charge >= 0.3 is 0 Å². The summed E-state index contributed by atoms with van der Waals surface area (Å²) in [5.41, 5.74) is 1.15. The van der Waals surface area contributed by atoms with Crippen LogP contribution in [0.25, 0.3) is 0 Å². The fraction of sp³-hybridized carbons (Fsp3) is 0.571.